The number of hydrogen-bond donors (Lipinski definition) is 3. The highest BCUT2D eigenvalue weighted by Gasteiger charge is 2.37. The maximum absolute atomic E-state index is 14.7. The smallest absolute Gasteiger partial charge is 0.268 e. The van der Waals surface area contributed by atoms with Crippen molar-refractivity contribution in [3.8, 4) is 17.4 Å². The molecule has 1 amide bonds. The van der Waals surface area contributed by atoms with Crippen molar-refractivity contribution in [3.05, 3.63) is 106 Å². The number of pyridine rings is 1. The molecule has 1 aliphatic heterocycles. The predicted octanol–water partition coefficient (Wildman–Crippen LogP) is 8.89. The lowest BCUT2D eigenvalue weighted by Gasteiger charge is -2.38. The number of halogens is 4. The van der Waals surface area contributed by atoms with Crippen LogP contribution in [0.25, 0.3) is 16.5 Å². The quantitative estimate of drug-likeness (QED) is 0.111. The number of carbonyl (C=O) groups is 1. The fraction of sp³-hybridized carbons (Fsp3) is 0.386. The van der Waals surface area contributed by atoms with E-state index in [0.717, 1.165) is 41.4 Å². The van der Waals surface area contributed by atoms with E-state index in [1.165, 1.54) is 12.1 Å². The Labute approximate surface area is 362 Å². The number of anilines is 1. The number of allylic oxidation sites excluding steroid dienone is 1. The van der Waals surface area contributed by atoms with Crippen LogP contribution < -0.4 is 19.1 Å². The minimum atomic E-state index is -4.46. The molecule has 3 aliphatic rings. The summed E-state index contributed by atoms with van der Waals surface area (Å²) in [5, 5.41) is 18.5. The number of amides is 1. The van der Waals surface area contributed by atoms with Crippen molar-refractivity contribution in [2.75, 3.05) is 44.2 Å². The number of alkyl halides is 2. The van der Waals surface area contributed by atoms with Crippen molar-refractivity contribution in [1.82, 2.24) is 24.8 Å². The molecule has 1 saturated heterocycles. The summed E-state index contributed by atoms with van der Waals surface area (Å²) in [6.07, 6.45) is 5.36. The Balaban J connectivity index is 0.983. The Hall–Kier alpha value is -4.80. The Morgan fingerprint density at radius 1 is 0.984 bits per heavy atom. The second-order valence-electron chi connectivity index (χ2n) is 16.4. The summed E-state index contributed by atoms with van der Waals surface area (Å²) in [6.45, 7) is 4.87. The Kier molecular flexibility index (Phi) is 12.3. The molecule has 1 saturated carbocycles. The number of aromatic amines is 1. The standard InChI is InChI=1S/C44H46Cl2F2N6O6S/c1-43(56)14-11-28(12-15-43)27-59-42-37(46)22-33(24-49-42)61(57,58)52-41(55)35-10-9-32(21-40(35)60-39-4-2-3-38-36(39)25-50-51-38)54-19-17-53(18-20-54)26-30-23-44(47,48)16-13-34(30)29-5-7-31(45)8-6-29/h2-10,21-22,24-25,28,56H,11-20,23,26-27H2,1H3,(H,50,51)(H,52,55)/t28-,43-. The van der Waals surface area contributed by atoms with Gasteiger partial charge in [0, 0.05) is 62.3 Å². The van der Waals surface area contributed by atoms with Gasteiger partial charge in [-0.15, -0.1) is 0 Å². The fourth-order valence-electron chi connectivity index (χ4n) is 8.27. The van der Waals surface area contributed by atoms with E-state index in [9.17, 15) is 27.1 Å². The van der Waals surface area contributed by atoms with Crippen LogP contribution in [0.1, 0.15) is 67.8 Å². The van der Waals surface area contributed by atoms with Crippen molar-refractivity contribution >= 4 is 61.3 Å². The van der Waals surface area contributed by atoms with Gasteiger partial charge in [-0.3, -0.25) is 14.8 Å². The molecule has 8 rings (SSSR count). The monoisotopic (exact) mass is 894 g/mol. The van der Waals surface area contributed by atoms with Gasteiger partial charge in [0.2, 0.25) is 5.88 Å². The average Bonchev–Trinajstić information content (AvgIpc) is 3.71. The summed E-state index contributed by atoms with van der Waals surface area (Å²) < 4.78 is 70.9. The second-order valence-corrected chi connectivity index (χ2v) is 18.9. The third-order valence-electron chi connectivity index (χ3n) is 11.8. The van der Waals surface area contributed by atoms with Gasteiger partial charge in [0.15, 0.2) is 0 Å². The molecular formula is C44H46Cl2F2N6O6S. The highest BCUT2D eigenvalue weighted by atomic mass is 35.5. The number of fused-ring (bicyclic) bond motifs is 1. The Morgan fingerprint density at radius 3 is 2.48 bits per heavy atom. The molecule has 3 aromatic carbocycles. The van der Waals surface area contributed by atoms with Gasteiger partial charge in [-0.2, -0.15) is 5.10 Å². The van der Waals surface area contributed by atoms with Gasteiger partial charge in [-0.05, 0) is 104 Å². The van der Waals surface area contributed by atoms with Crippen molar-refractivity contribution in [3.63, 3.8) is 0 Å². The molecule has 5 aromatic rings. The Bertz CT molecular complexity index is 2550. The first kappa shape index (κ1) is 42.9. The zero-order valence-corrected chi connectivity index (χ0v) is 35.8. The largest absolute Gasteiger partial charge is 0.476 e. The predicted molar refractivity (Wildman–Crippen MR) is 230 cm³/mol. The summed E-state index contributed by atoms with van der Waals surface area (Å²) in [6, 6.07) is 18.8. The van der Waals surface area contributed by atoms with Gasteiger partial charge in [-0.1, -0.05) is 41.4 Å². The highest BCUT2D eigenvalue weighted by molar-refractivity contribution is 7.90. The number of aliphatic hydroxyl groups is 1. The van der Waals surface area contributed by atoms with Crippen LogP contribution >= 0.6 is 23.2 Å². The molecule has 2 aromatic heterocycles. The van der Waals surface area contributed by atoms with E-state index in [1.54, 1.807) is 42.6 Å². The molecule has 322 valence electrons. The lowest BCUT2D eigenvalue weighted by Crippen LogP contribution is -2.47. The van der Waals surface area contributed by atoms with Crippen LogP contribution in [0.3, 0.4) is 0 Å². The fourth-order valence-corrected chi connectivity index (χ4v) is 9.61. The van der Waals surface area contributed by atoms with Crippen LogP contribution in [0.2, 0.25) is 10.0 Å². The summed E-state index contributed by atoms with van der Waals surface area (Å²) in [7, 11) is -4.46. The number of carbonyl (C=O) groups excluding carboxylic acids is 1. The van der Waals surface area contributed by atoms with Crippen molar-refractivity contribution in [2.24, 2.45) is 5.92 Å². The molecule has 2 fully saturated rings. The molecule has 3 N–H and O–H groups in total. The first-order valence-corrected chi connectivity index (χ1v) is 22.5. The average molecular weight is 896 g/mol. The van der Waals surface area contributed by atoms with Crippen LogP contribution in [-0.2, 0) is 10.0 Å². The summed E-state index contributed by atoms with van der Waals surface area (Å²) >= 11 is 12.5. The molecule has 0 spiro atoms. The van der Waals surface area contributed by atoms with Gasteiger partial charge < -0.3 is 19.5 Å². The van der Waals surface area contributed by atoms with Crippen LogP contribution in [0, 0.1) is 5.92 Å². The molecule has 17 heteroatoms. The van der Waals surface area contributed by atoms with Crippen LogP contribution in [0.4, 0.5) is 14.5 Å². The third kappa shape index (κ3) is 10.1. The number of nitrogens with one attached hydrogen (secondary N) is 2. The van der Waals surface area contributed by atoms with E-state index in [2.05, 4.69) is 29.7 Å². The molecule has 0 atom stereocenters. The van der Waals surface area contributed by atoms with Gasteiger partial charge in [-0.25, -0.2) is 26.9 Å². The molecule has 61 heavy (non-hydrogen) atoms. The number of aromatic nitrogens is 3. The number of sulfonamides is 1. The summed E-state index contributed by atoms with van der Waals surface area (Å²) in [4.78, 5) is 22.0. The molecule has 0 radical (unpaired) electrons. The SMILES string of the molecule is C[C@]1(O)CC[C@H](COc2ncc(S(=O)(=O)NC(=O)c3ccc(N4CCN(CC5=C(c6ccc(Cl)cc6)CCC(F)(F)C5)CC4)cc3Oc3cccc4[nH]ncc34)cc2Cl)CC1. The van der Waals surface area contributed by atoms with Crippen molar-refractivity contribution in [2.45, 2.75) is 68.3 Å². The molecule has 0 bridgehead atoms. The van der Waals surface area contributed by atoms with Crippen LogP contribution in [0.5, 0.6) is 17.4 Å². The van der Waals surface area contributed by atoms with Crippen molar-refractivity contribution in [1.29, 1.82) is 0 Å². The highest BCUT2D eigenvalue weighted by Crippen LogP contribution is 2.42. The molecule has 3 heterocycles. The number of rotatable bonds is 12. The van der Waals surface area contributed by atoms with Gasteiger partial charge in [0.25, 0.3) is 21.9 Å². The maximum atomic E-state index is 14.7. The summed E-state index contributed by atoms with van der Waals surface area (Å²) in [5.74, 6) is -2.94. The van der Waals surface area contributed by atoms with Gasteiger partial charge >= 0.3 is 0 Å². The third-order valence-corrected chi connectivity index (χ3v) is 13.6. The van der Waals surface area contributed by atoms with E-state index in [4.69, 9.17) is 32.7 Å². The maximum Gasteiger partial charge on any atom is 0.268 e. The number of benzene rings is 3. The molecule has 0 unspecified atom stereocenters. The molecular weight excluding hydrogens is 849 g/mol. The van der Waals surface area contributed by atoms with E-state index in [-0.39, 0.29) is 45.9 Å². The Morgan fingerprint density at radius 2 is 1.74 bits per heavy atom. The van der Waals surface area contributed by atoms with E-state index >= 15 is 0 Å². The minimum Gasteiger partial charge on any atom is -0.476 e. The first-order chi connectivity index (χ1) is 29.1. The van der Waals surface area contributed by atoms with Gasteiger partial charge in [0.1, 0.15) is 21.4 Å². The second kappa shape index (κ2) is 17.5. The van der Waals surface area contributed by atoms with E-state index < -0.39 is 27.5 Å². The van der Waals surface area contributed by atoms with E-state index in [1.807, 2.05) is 25.1 Å². The summed E-state index contributed by atoms with van der Waals surface area (Å²) in [5.41, 5.74) is 3.29. The number of ether oxygens (including phenoxy) is 2. The lowest BCUT2D eigenvalue weighted by atomic mass is 9.80. The number of H-pyrrole nitrogens is 1. The molecule has 12 nitrogen and oxygen atoms in total. The zero-order chi connectivity index (χ0) is 42.9. The number of hydrogen-bond acceptors (Lipinski definition) is 10. The topological polar surface area (TPSA) is 150 Å². The van der Waals surface area contributed by atoms with Crippen LogP contribution in [0.15, 0.2) is 89.6 Å². The normalized spacial score (nSPS) is 21.1. The zero-order valence-electron chi connectivity index (χ0n) is 33.5. The van der Waals surface area contributed by atoms with E-state index in [0.29, 0.717) is 80.3 Å². The molecule has 2 aliphatic carbocycles. The van der Waals surface area contributed by atoms with Crippen molar-refractivity contribution < 1.29 is 36.6 Å². The van der Waals surface area contributed by atoms with Gasteiger partial charge in [0.05, 0.1) is 41.1 Å². The van der Waals surface area contributed by atoms with Crippen LogP contribution in [-0.4, -0.2) is 90.4 Å². The lowest BCUT2D eigenvalue weighted by molar-refractivity contribution is -0.0109. The number of nitrogens with zero attached hydrogens (tertiary/aromatic N) is 4. The minimum absolute atomic E-state index is 0.0322. The number of piperazine rings is 1. The first-order valence-electron chi connectivity index (χ1n) is 20.3.